The first-order chi connectivity index (χ1) is 16.7. The van der Waals surface area contributed by atoms with E-state index in [1.807, 2.05) is 0 Å². The van der Waals surface area contributed by atoms with E-state index < -0.39 is 23.4 Å². The first kappa shape index (κ1) is 24.3. The van der Waals surface area contributed by atoms with Gasteiger partial charge >= 0.3 is 0 Å². The lowest BCUT2D eigenvalue weighted by atomic mass is 10.0. The van der Waals surface area contributed by atoms with Gasteiger partial charge in [0, 0.05) is 72.1 Å². The number of aromatic amines is 1. The summed E-state index contributed by atoms with van der Waals surface area (Å²) < 4.78 is 43.3. The Kier molecular flexibility index (Phi) is 7.07. The molecule has 3 N–H and O–H groups in total. The summed E-state index contributed by atoms with van der Waals surface area (Å²) in [5.41, 5.74) is 1.47. The van der Waals surface area contributed by atoms with Crippen LogP contribution in [-0.4, -0.2) is 21.8 Å². The van der Waals surface area contributed by atoms with Crippen LogP contribution >= 0.6 is 11.6 Å². The molecule has 0 unspecified atom stereocenters. The van der Waals surface area contributed by atoms with E-state index in [0.29, 0.717) is 21.6 Å². The maximum atomic E-state index is 14.6. The van der Waals surface area contributed by atoms with E-state index in [9.17, 15) is 22.8 Å². The van der Waals surface area contributed by atoms with E-state index in [0.717, 1.165) is 0 Å². The Hall–Kier alpha value is -3.85. The average Bonchev–Trinajstić information content (AvgIpc) is 3.19. The Morgan fingerprint density at radius 1 is 0.971 bits per heavy atom. The van der Waals surface area contributed by atoms with Gasteiger partial charge in [0.15, 0.2) is 11.6 Å². The Labute approximate surface area is 203 Å². The molecule has 2 aromatic carbocycles. The van der Waals surface area contributed by atoms with Gasteiger partial charge in [-0.3, -0.25) is 14.6 Å². The third-order valence-electron chi connectivity index (χ3n) is 5.46. The van der Waals surface area contributed by atoms with Gasteiger partial charge in [-0.1, -0.05) is 23.7 Å². The zero-order chi connectivity index (χ0) is 25.1. The zero-order valence-electron chi connectivity index (χ0n) is 18.5. The van der Waals surface area contributed by atoms with Crippen LogP contribution in [0.1, 0.15) is 39.7 Å². The molecule has 6 nitrogen and oxygen atoms in total. The van der Waals surface area contributed by atoms with Crippen molar-refractivity contribution in [1.29, 1.82) is 0 Å². The maximum Gasteiger partial charge on any atom is 0.251 e. The van der Waals surface area contributed by atoms with Crippen LogP contribution in [0.25, 0.3) is 10.9 Å². The molecule has 35 heavy (non-hydrogen) atoms. The molecule has 0 saturated carbocycles. The van der Waals surface area contributed by atoms with Crippen molar-refractivity contribution >= 4 is 34.3 Å². The molecular weight excluding hydrogens is 481 g/mol. The van der Waals surface area contributed by atoms with Crippen molar-refractivity contribution in [2.24, 2.45) is 0 Å². The number of carbonyl (C=O) groups excluding carboxylic acids is 2. The summed E-state index contributed by atoms with van der Waals surface area (Å²) in [5, 5.41) is 6.15. The normalized spacial score (nSPS) is 11.0. The first-order valence-electron chi connectivity index (χ1n) is 10.6. The topological polar surface area (TPSA) is 86.9 Å². The SMILES string of the molecule is CC(=O)NCc1ccc(Cc2cc(C(=O)NCc3cc4c(Cl)c[nH]c4cc3F)ccn2)c(F)c1F. The molecule has 2 aromatic heterocycles. The van der Waals surface area contributed by atoms with Gasteiger partial charge in [-0.25, -0.2) is 13.2 Å². The molecule has 0 saturated heterocycles. The second-order valence-corrected chi connectivity index (χ2v) is 8.35. The molecule has 0 aliphatic heterocycles. The molecule has 0 aliphatic carbocycles. The van der Waals surface area contributed by atoms with Gasteiger partial charge in [-0.15, -0.1) is 0 Å². The van der Waals surface area contributed by atoms with Crippen molar-refractivity contribution < 1.29 is 22.8 Å². The van der Waals surface area contributed by atoms with Crippen molar-refractivity contribution in [3.05, 3.63) is 99.2 Å². The lowest BCUT2D eigenvalue weighted by Gasteiger charge is -2.10. The number of benzene rings is 2. The third kappa shape index (κ3) is 5.46. The van der Waals surface area contributed by atoms with Gasteiger partial charge in [0.05, 0.1) is 5.02 Å². The van der Waals surface area contributed by atoms with Crippen LogP contribution in [0.4, 0.5) is 13.2 Å². The molecule has 2 amide bonds. The second kappa shape index (κ2) is 10.2. The average molecular weight is 501 g/mol. The molecule has 180 valence electrons. The Bertz CT molecular complexity index is 1440. The Morgan fingerprint density at radius 2 is 1.69 bits per heavy atom. The molecule has 0 atom stereocenters. The summed E-state index contributed by atoms with van der Waals surface area (Å²) >= 11 is 6.08. The van der Waals surface area contributed by atoms with Crippen LogP contribution in [0.2, 0.25) is 5.02 Å². The fraction of sp³-hybridized carbons (Fsp3) is 0.160. The van der Waals surface area contributed by atoms with Gasteiger partial charge < -0.3 is 15.6 Å². The summed E-state index contributed by atoms with van der Waals surface area (Å²) in [7, 11) is 0. The number of H-pyrrole nitrogens is 1. The number of aromatic nitrogens is 2. The molecule has 10 heteroatoms. The highest BCUT2D eigenvalue weighted by Crippen LogP contribution is 2.26. The van der Waals surface area contributed by atoms with Crippen LogP contribution in [0.5, 0.6) is 0 Å². The standard InChI is InChI=1S/C25H20ClF3N4O2/c1-13(34)31-10-16-3-2-14(23(28)24(16)29)6-18-7-15(4-5-30-18)25(35)33-11-17-8-19-20(26)12-32-22(19)9-21(17)27/h2-5,7-9,12,32H,6,10-11H2,1H3,(H,31,34)(H,33,35). The predicted octanol–water partition coefficient (Wildman–Crippen LogP) is 4.79. The van der Waals surface area contributed by atoms with E-state index in [-0.39, 0.29) is 47.7 Å². The first-order valence-corrected chi connectivity index (χ1v) is 11.0. The third-order valence-corrected chi connectivity index (χ3v) is 5.77. The van der Waals surface area contributed by atoms with Gasteiger partial charge in [0.2, 0.25) is 5.91 Å². The van der Waals surface area contributed by atoms with E-state index >= 15 is 0 Å². The number of hydrogen-bond acceptors (Lipinski definition) is 3. The summed E-state index contributed by atoms with van der Waals surface area (Å²) in [6, 6.07) is 8.60. The van der Waals surface area contributed by atoms with Gasteiger partial charge in [-0.2, -0.15) is 0 Å². The van der Waals surface area contributed by atoms with Crippen LogP contribution in [0.3, 0.4) is 0 Å². The van der Waals surface area contributed by atoms with Crippen LogP contribution in [-0.2, 0) is 24.3 Å². The van der Waals surface area contributed by atoms with Crippen molar-refractivity contribution in [3.63, 3.8) is 0 Å². The monoisotopic (exact) mass is 500 g/mol. The minimum atomic E-state index is -1.05. The minimum Gasteiger partial charge on any atom is -0.360 e. The molecule has 0 fully saturated rings. The van der Waals surface area contributed by atoms with Crippen molar-refractivity contribution in [2.45, 2.75) is 26.4 Å². The summed E-state index contributed by atoms with van der Waals surface area (Å²) in [6.07, 6.45) is 2.88. The number of halogens is 4. The number of nitrogens with one attached hydrogen (secondary N) is 3. The molecule has 4 aromatic rings. The number of rotatable bonds is 7. The Balaban J connectivity index is 1.46. The number of amides is 2. The van der Waals surface area contributed by atoms with Crippen molar-refractivity contribution in [2.75, 3.05) is 0 Å². The lowest BCUT2D eigenvalue weighted by Crippen LogP contribution is -2.23. The number of hydrogen-bond donors (Lipinski definition) is 3. The fourth-order valence-corrected chi connectivity index (χ4v) is 3.81. The molecule has 0 aliphatic rings. The van der Waals surface area contributed by atoms with E-state index in [1.165, 1.54) is 43.5 Å². The van der Waals surface area contributed by atoms with Crippen molar-refractivity contribution in [3.8, 4) is 0 Å². The second-order valence-electron chi connectivity index (χ2n) is 7.94. The van der Waals surface area contributed by atoms with Crippen LogP contribution in [0.15, 0.2) is 48.8 Å². The van der Waals surface area contributed by atoms with E-state index in [2.05, 4.69) is 20.6 Å². The number of fused-ring (bicyclic) bond motifs is 1. The van der Waals surface area contributed by atoms with E-state index in [1.54, 1.807) is 12.3 Å². The fourth-order valence-electron chi connectivity index (χ4n) is 3.60. The molecule has 0 radical (unpaired) electrons. The van der Waals surface area contributed by atoms with Crippen LogP contribution in [0, 0.1) is 17.5 Å². The quantitative estimate of drug-likeness (QED) is 0.341. The number of carbonyl (C=O) groups is 2. The van der Waals surface area contributed by atoms with Crippen LogP contribution < -0.4 is 10.6 Å². The largest absolute Gasteiger partial charge is 0.360 e. The minimum absolute atomic E-state index is 0.0221. The molecular formula is C25H20ClF3N4O2. The molecule has 2 heterocycles. The van der Waals surface area contributed by atoms with E-state index in [4.69, 9.17) is 11.6 Å². The molecule has 0 bridgehead atoms. The summed E-state index contributed by atoms with van der Waals surface area (Å²) in [5.74, 6) is -3.42. The smallest absolute Gasteiger partial charge is 0.251 e. The van der Waals surface area contributed by atoms with Crippen molar-refractivity contribution in [1.82, 2.24) is 20.6 Å². The molecule has 0 spiro atoms. The highest BCUT2D eigenvalue weighted by atomic mass is 35.5. The van der Waals surface area contributed by atoms with Gasteiger partial charge in [-0.05, 0) is 29.8 Å². The highest BCUT2D eigenvalue weighted by Gasteiger charge is 2.16. The van der Waals surface area contributed by atoms with Gasteiger partial charge in [0.25, 0.3) is 5.91 Å². The number of pyridine rings is 1. The number of nitrogens with zero attached hydrogens (tertiary/aromatic N) is 1. The molecule has 4 rings (SSSR count). The predicted molar refractivity (Wildman–Crippen MR) is 125 cm³/mol. The maximum absolute atomic E-state index is 14.6. The summed E-state index contributed by atoms with van der Waals surface area (Å²) in [4.78, 5) is 30.7. The zero-order valence-corrected chi connectivity index (χ0v) is 19.3. The summed E-state index contributed by atoms with van der Waals surface area (Å²) in [6.45, 7) is 1.08. The Morgan fingerprint density at radius 3 is 2.46 bits per heavy atom. The lowest BCUT2D eigenvalue weighted by molar-refractivity contribution is -0.119. The van der Waals surface area contributed by atoms with Gasteiger partial charge in [0.1, 0.15) is 5.82 Å². The highest BCUT2D eigenvalue weighted by molar-refractivity contribution is 6.35.